The second kappa shape index (κ2) is 5.78. The molecule has 0 unspecified atom stereocenters. The SMILES string of the molecule is Cc1c(C(F)(F)F)cccc1S(=O)(=O)NCC1CC(Cl)C1. The van der Waals surface area contributed by atoms with Crippen LogP contribution in [0.1, 0.15) is 24.0 Å². The molecule has 1 N–H and O–H groups in total. The molecule has 3 nitrogen and oxygen atoms in total. The summed E-state index contributed by atoms with van der Waals surface area (Å²) in [7, 11) is -3.96. The van der Waals surface area contributed by atoms with Crippen LogP contribution in [0, 0.1) is 12.8 Å². The molecule has 118 valence electrons. The molecule has 2 rings (SSSR count). The van der Waals surface area contributed by atoms with Gasteiger partial charge in [-0.2, -0.15) is 13.2 Å². The van der Waals surface area contributed by atoms with E-state index in [4.69, 9.17) is 11.6 Å². The fourth-order valence-electron chi connectivity index (χ4n) is 2.34. The van der Waals surface area contributed by atoms with Gasteiger partial charge in [-0.3, -0.25) is 0 Å². The number of halogens is 4. The molecule has 0 aromatic heterocycles. The lowest BCUT2D eigenvalue weighted by atomic mass is 9.85. The monoisotopic (exact) mass is 341 g/mol. The van der Waals surface area contributed by atoms with Gasteiger partial charge in [0.2, 0.25) is 10.0 Å². The van der Waals surface area contributed by atoms with Gasteiger partial charge in [-0.05, 0) is 43.4 Å². The van der Waals surface area contributed by atoms with Crippen molar-refractivity contribution < 1.29 is 21.6 Å². The van der Waals surface area contributed by atoms with E-state index in [0.717, 1.165) is 19.1 Å². The van der Waals surface area contributed by atoms with E-state index >= 15 is 0 Å². The molecule has 0 spiro atoms. The van der Waals surface area contributed by atoms with Gasteiger partial charge >= 0.3 is 6.18 Å². The Kier molecular flexibility index (Phi) is 4.56. The molecular weight excluding hydrogens is 327 g/mol. The van der Waals surface area contributed by atoms with Crippen molar-refractivity contribution in [2.24, 2.45) is 5.92 Å². The highest BCUT2D eigenvalue weighted by atomic mass is 35.5. The molecular formula is C13H15ClF3NO2S. The van der Waals surface area contributed by atoms with Gasteiger partial charge in [-0.1, -0.05) is 6.07 Å². The Morgan fingerprint density at radius 1 is 1.33 bits per heavy atom. The fraction of sp³-hybridized carbons (Fsp3) is 0.538. The summed E-state index contributed by atoms with van der Waals surface area (Å²) in [6, 6.07) is 3.15. The quantitative estimate of drug-likeness (QED) is 0.854. The number of hydrogen-bond donors (Lipinski definition) is 1. The summed E-state index contributed by atoms with van der Waals surface area (Å²) in [5, 5.41) is 0.0646. The molecule has 0 radical (unpaired) electrons. The first kappa shape index (κ1) is 16.6. The lowest BCUT2D eigenvalue weighted by Gasteiger charge is -2.30. The zero-order valence-electron chi connectivity index (χ0n) is 11.2. The molecule has 0 amide bonds. The van der Waals surface area contributed by atoms with E-state index in [-0.39, 0.29) is 28.3 Å². The number of sulfonamides is 1. The molecule has 0 bridgehead atoms. The summed E-state index contributed by atoms with van der Waals surface area (Å²) in [6.45, 7) is 1.36. The molecule has 1 fully saturated rings. The van der Waals surface area contributed by atoms with E-state index in [0.29, 0.717) is 12.8 Å². The van der Waals surface area contributed by atoms with Gasteiger partial charge in [0.05, 0.1) is 10.5 Å². The smallest absolute Gasteiger partial charge is 0.211 e. The first-order chi connectivity index (χ1) is 9.61. The Balaban J connectivity index is 2.20. The van der Waals surface area contributed by atoms with E-state index in [2.05, 4.69) is 4.72 Å². The number of nitrogens with one attached hydrogen (secondary N) is 1. The molecule has 1 saturated carbocycles. The fourth-order valence-corrected chi connectivity index (χ4v) is 4.22. The minimum atomic E-state index is -4.57. The average molecular weight is 342 g/mol. The van der Waals surface area contributed by atoms with Crippen molar-refractivity contribution in [1.29, 1.82) is 0 Å². The number of rotatable bonds is 4. The largest absolute Gasteiger partial charge is 0.416 e. The first-order valence-electron chi connectivity index (χ1n) is 6.42. The first-order valence-corrected chi connectivity index (χ1v) is 8.34. The van der Waals surface area contributed by atoms with E-state index < -0.39 is 21.8 Å². The van der Waals surface area contributed by atoms with Crippen LogP contribution < -0.4 is 4.72 Å². The zero-order valence-corrected chi connectivity index (χ0v) is 12.8. The van der Waals surface area contributed by atoms with Gasteiger partial charge in [-0.25, -0.2) is 13.1 Å². The standard InChI is InChI=1S/C13H15ClF3NO2S/c1-8-11(13(15,16)17)3-2-4-12(8)21(19,20)18-7-9-5-10(14)6-9/h2-4,9-10,18H,5-7H2,1H3. The van der Waals surface area contributed by atoms with Crippen LogP contribution >= 0.6 is 11.6 Å². The van der Waals surface area contributed by atoms with Crippen LogP contribution in [-0.2, 0) is 16.2 Å². The van der Waals surface area contributed by atoms with Crippen LogP contribution in [0.4, 0.5) is 13.2 Å². The maximum Gasteiger partial charge on any atom is 0.416 e. The lowest BCUT2D eigenvalue weighted by Crippen LogP contribution is -2.36. The van der Waals surface area contributed by atoms with E-state index in [1.165, 1.54) is 6.07 Å². The van der Waals surface area contributed by atoms with Gasteiger partial charge in [0.1, 0.15) is 0 Å². The molecule has 1 aliphatic carbocycles. The van der Waals surface area contributed by atoms with Crippen LogP contribution in [0.15, 0.2) is 23.1 Å². The van der Waals surface area contributed by atoms with Gasteiger partial charge in [0, 0.05) is 11.9 Å². The van der Waals surface area contributed by atoms with Crippen molar-refractivity contribution >= 4 is 21.6 Å². The van der Waals surface area contributed by atoms with Crippen molar-refractivity contribution in [2.75, 3.05) is 6.54 Å². The molecule has 1 aromatic carbocycles. The minimum Gasteiger partial charge on any atom is -0.211 e. The molecule has 0 atom stereocenters. The van der Waals surface area contributed by atoms with Crippen LogP contribution in [-0.4, -0.2) is 20.3 Å². The second-order valence-corrected chi connectivity index (χ2v) is 7.57. The second-order valence-electron chi connectivity index (χ2n) is 5.21. The van der Waals surface area contributed by atoms with Gasteiger partial charge in [0.15, 0.2) is 0 Å². The number of hydrogen-bond acceptors (Lipinski definition) is 2. The lowest BCUT2D eigenvalue weighted by molar-refractivity contribution is -0.138. The van der Waals surface area contributed by atoms with Crippen molar-refractivity contribution in [3.05, 3.63) is 29.3 Å². The highest BCUT2D eigenvalue weighted by molar-refractivity contribution is 7.89. The third-order valence-electron chi connectivity index (χ3n) is 3.62. The summed E-state index contributed by atoms with van der Waals surface area (Å²) in [6.07, 6.45) is -3.15. The molecule has 8 heteroatoms. The van der Waals surface area contributed by atoms with Gasteiger partial charge in [0.25, 0.3) is 0 Å². The topological polar surface area (TPSA) is 46.2 Å². The van der Waals surface area contributed by atoms with Crippen LogP contribution in [0.2, 0.25) is 0 Å². The van der Waals surface area contributed by atoms with E-state index in [1.54, 1.807) is 0 Å². The van der Waals surface area contributed by atoms with Gasteiger partial charge < -0.3 is 0 Å². The Bertz CT molecular complexity index is 625. The zero-order chi connectivity index (χ0) is 15.8. The third kappa shape index (κ3) is 3.70. The van der Waals surface area contributed by atoms with Crippen LogP contribution in [0.3, 0.4) is 0 Å². The predicted octanol–water partition coefficient (Wildman–Crippen LogP) is 3.31. The summed E-state index contributed by atoms with van der Waals surface area (Å²) in [5.74, 6) is 0.147. The van der Waals surface area contributed by atoms with Crippen molar-refractivity contribution in [1.82, 2.24) is 4.72 Å². The molecule has 21 heavy (non-hydrogen) atoms. The Morgan fingerprint density at radius 3 is 2.48 bits per heavy atom. The summed E-state index contributed by atoms with van der Waals surface area (Å²) in [5.41, 5.74) is -1.23. The summed E-state index contributed by atoms with van der Waals surface area (Å²) >= 11 is 5.80. The minimum absolute atomic E-state index is 0.0646. The number of benzene rings is 1. The summed E-state index contributed by atoms with van der Waals surface area (Å²) < 4.78 is 65.1. The Labute approximate surface area is 126 Å². The van der Waals surface area contributed by atoms with Gasteiger partial charge in [-0.15, -0.1) is 11.6 Å². The molecule has 0 aliphatic heterocycles. The maximum atomic E-state index is 12.8. The van der Waals surface area contributed by atoms with Crippen molar-refractivity contribution in [2.45, 2.75) is 36.2 Å². The van der Waals surface area contributed by atoms with E-state index in [9.17, 15) is 21.6 Å². The summed E-state index contributed by atoms with van der Waals surface area (Å²) in [4.78, 5) is -0.334. The highest BCUT2D eigenvalue weighted by Crippen LogP contribution is 2.34. The normalized spacial score (nSPS) is 22.9. The third-order valence-corrected chi connectivity index (χ3v) is 5.54. The van der Waals surface area contributed by atoms with Crippen LogP contribution in [0.5, 0.6) is 0 Å². The molecule has 1 aromatic rings. The van der Waals surface area contributed by atoms with Crippen molar-refractivity contribution in [3.63, 3.8) is 0 Å². The molecule has 1 aliphatic rings. The highest BCUT2D eigenvalue weighted by Gasteiger charge is 2.35. The van der Waals surface area contributed by atoms with E-state index in [1.807, 2.05) is 0 Å². The van der Waals surface area contributed by atoms with Crippen molar-refractivity contribution in [3.8, 4) is 0 Å². The Hall–Kier alpha value is -0.790. The molecule has 0 saturated heterocycles. The Morgan fingerprint density at radius 2 is 1.95 bits per heavy atom. The molecule has 0 heterocycles. The number of alkyl halides is 4. The maximum absolute atomic E-state index is 12.8. The average Bonchev–Trinajstić information content (AvgIpc) is 2.31. The predicted molar refractivity (Wildman–Crippen MR) is 73.7 cm³/mol. The van der Waals surface area contributed by atoms with Crippen LogP contribution in [0.25, 0.3) is 0 Å².